The normalized spacial score (nSPS) is 11.7. The predicted octanol–water partition coefficient (Wildman–Crippen LogP) is 6.60. The maximum atomic E-state index is 13.5. The number of hydrogen-bond donors (Lipinski definition) is 0. The molecule has 170 valence electrons. The number of rotatable bonds is 5. The summed E-state index contributed by atoms with van der Waals surface area (Å²) in [6.07, 6.45) is 0. The second kappa shape index (κ2) is 9.06. The van der Waals surface area contributed by atoms with Crippen molar-refractivity contribution in [1.29, 1.82) is 0 Å². The molecule has 5 heteroatoms. The van der Waals surface area contributed by atoms with Crippen LogP contribution in [-0.2, 0) is 11.2 Å². The highest BCUT2D eigenvalue weighted by Gasteiger charge is 2.18. The van der Waals surface area contributed by atoms with E-state index in [0.717, 1.165) is 11.4 Å². The highest BCUT2D eigenvalue weighted by Crippen LogP contribution is 2.31. The second-order valence-electron chi connectivity index (χ2n) is 9.38. The van der Waals surface area contributed by atoms with Gasteiger partial charge in [-0.2, -0.15) is 0 Å². The fraction of sp³-hybridized carbons (Fsp3) is 0.286. The summed E-state index contributed by atoms with van der Waals surface area (Å²) in [5.74, 6) is 1.43. The molecule has 4 rings (SSSR count). The van der Waals surface area contributed by atoms with Crippen LogP contribution in [0.15, 0.2) is 70.6 Å². The van der Waals surface area contributed by atoms with Crippen molar-refractivity contribution >= 4 is 22.7 Å². The maximum Gasteiger partial charge on any atom is 0.266 e. The molecule has 4 aromatic rings. The molecule has 0 N–H and O–H groups in total. The smallest absolute Gasteiger partial charge is 0.266 e. The van der Waals surface area contributed by atoms with Gasteiger partial charge in [-0.3, -0.25) is 9.36 Å². The third-order valence-electron chi connectivity index (χ3n) is 5.96. The minimum absolute atomic E-state index is 0.0760. The quantitative estimate of drug-likeness (QED) is 0.250. The van der Waals surface area contributed by atoms with E-state index in [-0.39, 0.29) is 11.0 Å². The topological polar surface area (TPSA) is 44.1 Å². The molecule has 0 spiro atoms. The van der Waals surface area contributed by atoms with Crippen LogP contribution < -0.4 is 10.3 Å². The third-order valence-corrected chi connectivity index (χ3v) is 6.93. The Morgan fingerprint density at radius 2 is 1.67 bits per heavy atom. The monoisotopic (exact) mass is 458 g/mol. The summed E-state index contributed by atoms with van der Waals surface area (Å²) in [5.41, 5.74) is 6.64. The lowest BCUT2D eigenvalue weighted by Crippen LogP contribution is -2.21. The van der Waals surface area contributed by atoms with Crippen LogP contribution >= 0.6 is 11.8 Å². The number of nitrogens with zero attached hydrogens (tertiary/aromatic N) is 2. The van der Waals surface area contributed by atoms with Crippen molar-refractivity contribution in [3.05, 3.63) is 93.3 Å². The average Bonchev–Trinajstić information content (AvgIpc) is 2.78. The molecule has 0 radical (unpaired) electrons. The Hall–Kier alpha value is -3.05. The number of fused-ring (bicyclic) bond motifs is 1. The molecule has 1 aromatic heterocycles. The molecule has 0 saturated heterocycles. The van der Waals surface area contributed by atoms with Crippen molar-refractivity contribution < 1.29 is 4.74 Å². The zero-order valence-corrected chi connectivity index (χ0v) is 20.9. The first-order valence-electron chi connectivity index (χ1n) is 11.1. The summed E-state index contributed by atoms with van der Waals surface area (Å²) >= 11 is 1.59. The molecule has 3 aromatic carbocycles. The number of thioether (sulfide) groups is 1. The van der Waals surface area contributed by atoms with E-state index in [1.165, 1.54) is 22.3 Å². The molecule has 0 fully saturated rings. The number of benzene rings is 3. The van der Waals surface area contributed by atoms with Crippen molar-refractivity contribution in [2.75, 3.05) is 7.11 Å². The largest absolute Gasteiger partial charge is 0.497 e. The van der Waals surface area contributed by atoms with Crippen LogP contribution in [0.4, 0.5) is 0 Å². The van der Waals surface area contributed by atoms with Gasteiger partial charge in [0, 0.05) is 11.8 Å². The Morgan fingerprint density at radius 1 is 0.970 bits per heavy atom. The highest BCUT2D eigenvalue weighted by molar-refractivity contribution is 7.98. The van der Waals surface area contributed by atoms with Gasteiger partial charge in [-0.15, -0.1) is 0 Å². The zero-order valence-electron chi connectivity index (χ0n) is 20.1. The van der Waals surface area contributed by atoms with E-state index in [2.05, 4.69) is 46.8 Å². The SMILES string of the molecule is COc1cccc(-n2c(SCc3c(C)cc(C(C)(C)C)cc3C)nc3ccccc3c2=O)c1. The van der Waals surface area contributed by atoms with Crippen molar-refractivity contribution in [3.63, 3.8) is 0 Å². The van der Waals surface area contributed by atoms with Gasteiger partial charge < -0.3 is 4.74 Å². The molecule has 0 unspecified atom stereocenters. The van der Waals surface area contributed by atoms with Crippen LogP contribution in [0, 0.1) is 13.8 Å². The Bertz CT molecular complexity index is 1360. The van der Waals surface area contributed by atoms with Crippen molar-refractivity contribution in [2.24, 2.45) is 0 Å². The number of para-hydroxylation sites is 1. The molecule has 0 saturated carbocycles. The summed E-state index contributed by atoms with van der Waals surface area (Å²) in [5, 5.41) is 1.28. The van der Waals surface area contributed by atoms with Gasteiger partial charge in [-0.25, -0.2) is 4.98 Å². The first-order chi connectivity index (χ1) is 15.7. The van der Waals surface area contributed by atoms with E-state index in [4.69, 9.17) is 9.72 Å². The third kappa shape index (κ3) is 4.69. The van der Waals surface area contributed by atoms with Gasteiger partial charge in [0.2, 0.25) is 0 Å². The zero-order chi connectivity index (χ0) is 23.8. The molecule has 0 aliphatic carbocycles. The van der Waals surface area contributed by atoms with Crippen LogP contribution in [0.5, 0.6) is 5.75 Å². The molecule has 1 heterocycles. The van der Waals surface area contributed by atoms with Gasteiger partial charge in [0.1, 0.15) is 5.75 Å². The van der Waals surface area contributed by atoms with Crippen molar-refractivity contribution in [3.8, 4) is 11.4 Å². The molecule has 0 bridgehead atoms. The van der Waals surface area contributed by atoms with Gasteiger partial charge in [-0.1, -0.05) is 62.9 Å². The second-order valence-corrected chi connectivity index (χ2v) is 10.3. The van der Waals surface area contributed by atoms with Crippen molar-refractivity contribution in [1.82, 2.24) is 9.55 Å². The maximum absolute atomic E-state index is 13.5. The lowest BCUT2D eigenvalue weighted by Gasteiger charge is -2.22. The lowest BCUT2D eigenvalue weighted by molar-refractivity contribution is 0.414. The lowest BCUT2D eigenvalue weighted by atomic mass is 9.84. The van der Waals surface area contributed by atoms with Crippen LogP contribution in [0.25, 0.3) is 16.6 Å². The minimum atomic E-state index is -0.0760. The first-order valence-corrected chi connectivity index (χ1v) is 12.1. The van der Waals surface area contributed by atoms with Gasteiger partial charge in [0.25, 0.3) is 5.56 Å². The van der Waals surface area contributed by atoms with Crippen LogP contribution in [0.1, 0.15) is 43.0 Å². The van der Waals surface area contributed by atoms with Crippen molar-refractivity contribution in [2.45, 2.75) is 50.9 Å². The highest BCUT2D eigenvalue weighted by atomic mass is 32.2. The van der Waals surface area contributed by atoms with Crippen LogP contribution in [-0.4, -0.2) is 16.7 Å². The van der Waals surface area contributed by atoms with Gasteiger partial charge in [0.05, 0.1) is 23.7 Å². The molecule has 0 atom stereocenters. The molecule has 0 aliphatic rings. The molecule has 0 amide bonds. The minimum Gasteiger partial charge on any atom is -0.497 e. The summed E-state index contributed by atoms with van der Waals surface area (Å²) in [4.78, 5) is 18.4. The molecule has 0 aliphatic heterocycles. The molecule has 4 nitrogen and oxygen atoms in total. The van der Waals surface area contributed by atoms with E-state index < -0.39 is 0 Å². The van der Waals surface area contributed by atoms with Gasteiger partial charge in [0.15, 0.2) is 5.16 Å². The van der Waals surface area contributed by atoms with Gasteiger partial charge >= 0.3 is 0 Å². The van der Waals surface area contributed by atoms with E-state index in [9.17, 15) is 4.79 Å². The number of methoxy groups -OCH3 is 1. The molecule has 33 heavy (non-hydrogen) atoms. The number of hydrogen-bond acceptors (Lipinski definition) is 4. The fourth-order valence-corrected chi connectivity index (χ4v) is 5.19. The standard InChI is InChI=1S/C28H30N2O2S/c1-18-14-20(28(3,4)5)15-19(2)24(18)17-33-27-29-25-13-8-7-12-23(25)26(31)30(27)21-10-9-11-22(16-21)32-6/h7-16H,17H2,1-6H3. The number of aromatic nitrogens is 2. The average molecular weight is 459 g/mol. The van der Waals surface area contributed by atoms with E-state index in [0.29, 0.717) is 21.8 Å². The Balaban J connectivity index is 1.80. The fourth-order valence-electron chi connectivity index (χ4n) is 3.98. The van der Waals surface area contributed by atoms with Gasteiger partial charge in [-0.05, 0) is 65.8 Å². The Labute approximate surface area is 199 Å². The summed E-state index contributed by atoms with van der Waals surface area (Å²) < 4.78 is 7.10. The molecular formula is C28H30N2O2S. The Morgan fingerprint density at radius 3 is 2.33 bits per heavy atom. The summed E-state index contributed by atoms with van der Waals surface area (Å²) in [6, 6.07) is 19.6. The summed E-state index contributed by atoms with van der Waals surface area (Å²) in [6.45, 7) is 11.0. The predicted molar refractivity (Wildman–Crippen MR) is 138 cm³/mol. The number of ether oxygens (including phenoxy) is 1. The van der Waals surface area contributed by atoms with E-state index >= 15 is 0 Å². The van der Waals surface area contributed by atoms with Crippen LogP contribution in [0.2, 0.25) is 0 Å². The Kier molecular flexibility index (Phi) is 6.35. The first kappa shape index (κ1) is 23.1. The van der Waals surface area contributed by atoms with E-state index in [1.807, 2.05) is 48.5 Å². The molecular weight excluding hydrogens is 428 g/mol. The van der Waals surface area contributed by atoms with Crippen LogP contribution in [0.3, 0.4) is 0 Å². The summed E-state index contributed by atoms with van der Waals surface area (Å²) in [7, 11) is 1.63. The van der Waals surface area contributed by atoms with E-state index in [1.54, 1.807) is 23.4 Å². The number of aryl methyl sites for hydroxylation is 2.